The monoisotopic (exact) mass is 520 g/mol. The summed E-state index contributed by atoms with van der Waals surface area (Å²) in [5.41, 5.74) is 7.48. The van der Waals surface area contributed by atoms with Gasteiger partial charge in [-0.2, -0.15) is 0 Å². The molecule has 0 spiro atoms. The number of aromatic amines is 2. The zero-order valence-corrected chi connectivity index (χ0v) is 23.1. The lowest BCUT2D eigenvalue weighted by atomic mass is 9.84. The van der Waals surface area contributed by atoms with Crippen molar-refractivity contribution in [3.05, 3.63) is 139 Å². The number of hydrogen-bond acceptors (Lipinski definition) is 2. The minimum absolute atomic E-state index is 0.124. The fourth-order valence-electron chi connectivity index (χ4n) is 5.34. The zero-order valence-electron chi connectivity index (χ0n) is 23.1. The van der Waals surface area contributed by atoms with Gasteiger partial charge in [0.2, 0.25) is 0 Å². The van der Waals surface area contributed by atoms with Crippen molar-refractivity contribution in [3.8, 4) is 11.4 Å². The fourth-order valence-corrected chi connectivity index (χ4v) is 5.34. The van der Waals surface area contributed by atoms with E-state index in [2.05, 4.69) is 24.0 Å². The molecule has 0 fully saturated rings. The van der Waals surface area contributed by atoms with Crippen molar-refractivity contribution in [2.24, 2.45) is 0 Å². The van der Waals surface area contributed by atoms with E-state index in [1.165, 1.54) is 0 Å². The molecule has 0 amide bonds. The van der Waals surface area contributed by atoms with Crippen LogP contribution in [-0.4, -0.2) is 19.6 Å². The average molecular weight is 521 g/mol. The van der Waals surface area contributed by atoms with E-state index < -0.39 is 5.92 Å². The molecule has 0 saturated heterocycles. The molecule has 2 aromatic heterocycles. The van der Waals surface area contributed by atoms with Crippen molar-refractivity contribution in [1.82, 2.24) is 19.6 Å². The number of H-pyrrole nitrogens is 2. The second-order valence-corrected chi connectivity index (χ2v) is 10.3. The zero-order chi connectivity index (χ0) is 27.5. The van der Waals surface area contributed by atoms with Crippen LogP contribution in [0, 0.1) is 13.8 Å². The first-order valence-electron chi connectivity index (χ1n) is 13.8. The van der Waals surface area contributed by atoms with Crippen LogP contribution in [0.2, 0.25) is 0 Å². The normalized spacial score (nSPS) is 11.4. The summed E-state index contributed by atoms with van der Waals surface area (Å²) in [7, 11) is 0. The second-order valence-electron chi connectivity index (χ2n) is 10.3. The lowest BCUT2D eigenvalue weighted by Crippen LogP contribution is -2.25. The van der Waals surface area contributed by atoms with Crippen LogP contribution in [-0.2, 0) is 12.8 Å². The molecule has 0 bridgehead atoms. The highest BCUT2D eigenvalue weighted by atomic mass is 16.1. The highest BCUT2D eigenvalue weighted by Crippen LogP contribution is 2.33. The third-order valence-corrected chi connectivity index (χ3v) is 7.31. The van der Waals surface area contributed by atoms with E-state index in [1.807, 2.05) is 92.7 Å². The number of nitrogens with one attached hydrogen (secondary N) is 2. The topological polar surface area (TPSA) is 75.6 Å². The Bertz CT molecular complexity index is 1560. The Kier molecular flexibility index (Phi) is 7.55. The fraction of sp³-hybridized carbons (Fsp3) is 0.273. The van der Waals surface area contributed by atoms with E-state index in [4.69, 9.17) is 0 Å². The van der Waals surface area contributed by atoms with Gasteiger partial charge in [0, 0.05) is 17.3 Å². The maximum absolute atomic E-state index is 14.2. The summed E-state index contributed by atoms with van der Waals surface area (Å²) < 4.78 is 3.25. The molecule has 5 aromatic rings. The molecule has 2 heterocycles. The predicted octanol–water partition coefficient (Wildman–Crippen LogP) is 6.35. The van der Waals surface area contributed by atoms with E-state index >= 15 is 0 Å². The summed E-state index contributed by atoms with van der Waals surface area (Å²) in [5.74, 6) is -0.514. The Morgan fingerprint density at radius 3 is 1.41 bits per heavy atom. The number of hydrogen-bond donors (Lipinski definition) is 2. The molecule has 0 aliphatic rings. The molecular formula is C33H36N4O2. The van der Waals surface area contributed by atoms with Crippen LogP contribution in [0.3, 0.4) is 0 Å². The highest BCUT2D eigenvalue weighted by Gasteiger charge is 2.32. The molecule has 0 radical (unpaired) electrons. The third-order valence-electron chi connectivity index (χ3n) is 7.31. The van der Waals surface area contributed by atoms with Crippen molar-refractivity contribution >= 4 is 0 Å². The van der Waals surface area contributed by atoms with Gasteiger partial charge in [0.15, 0.2) is 0 Å². The molecular weight excluding hydrogens is 484 g/mol. The number of aromatic nitrogens is 4. The molecule has 5 rings (SSSR count). The Labute approximate surface area is 228 Å². The summed E-state index contributed by atoms with van der Waals surface area (Å²) in [4.78, 5) is 28.5. The van der Waals surface area contributed by atoms with Crippen LogP contribution in [0.4, 0.5) is 0 Å². The molecule has 0 unspecified atom stereocenters. The van der Waals surface area contributed by atoms with Gasteiger partial charge >= 0.3 is 0 Å². The van der Waals surface area contributed by atoms with Crippen molar-refractivity contribution in [3.63, 3.8) is 0 Å². The first kappa shape index (κ1) is 26.3. The molecule has 2 N–H and O–H groups in total. The van der Waals surface area contributed by atoms with E-state index in [9.17, 15) is 9.59 Å². The van der Waals surface area contributed by atoms with E-state index in [0.29, 0.717) is 24.0 Å². The van der Waals surface area contributed by atoms with Crippen LogP contribution >= 0.6 is 0 Å². The Morgan fingerprint density at radius 2 is 1.03 bits per heavy atom. The van der Waals surface area contributed by atoms with E-state index in [1.54, 1.807) is 9.36 Å². The summed E-state index contributed by atoms with van der Waals surface area (Å²) in [6, 6.07) is 25.7. The van der Waals surface area contributed by atoms with Gasteiger partial charge in [0.05, 0.1) is 22.5 Å². The van der Waals surface area contributed by atoms with Gasteiger partial charge in [-0.15, -0.1) is 0 Å². The van der Waals surface area contributed by atoms with Gasteiger partial charge in [-0.05, 0) is 56.5 Å². The van der Waals surface area contributed by atoms with Crippen molar-refractivity contribution in [2.45, 2.75) is 59.3 Å². The Morgan fingerprint density at radius 1 is 0.615 bits per heavy atom. The smallest absolute Gasteiger partial charge is 0.275 e. The summed E-state index contributed by atoms with van der Waals surface area (Å²) in [5, 5.41) is 6.82. The van der Waals surface area contributed by atoms with E-state index in [0.717, 1.165) is 52.3 Å². The molecule has 0 aliphatic carbocycles. The quantitative estimate of drug-likeness (QED) is 0.238. The number of rotatable bonds is 9. The molecule has 6 heteroatoms. The molecule has 3 aromatic carbocycles. The van der Waals surface area contributed by atoms with Crippen molar-refractivity contribution in [1.29, 1.82) is 0 Å². The largest absolute Gasteiger partial charge is 0.295 e. The Hall–Kier alpha value is -4.32. The molecule has 39 heavy (non-hydrogen) atoms. The predicted molar refractivity (Wildman–Crippen MR) is 158 cm³/mol. The molecule has 200 valence electrons. The van der Waals surface area contributed by atoms with Gasteiger partial charge < -0.3 is 0 Å². The molecule has 0 atom stereocenters. The first-order chi connectivity index (χ1) is 18.9. The Balaban J connectivity index is 1.80. The van der Waals surface area contributed by atoms with Crippen LogP contribution in [0.1, 0.15) is 71.8 Å². The first-order valence-corrected chi connectivity index (χ1v) is 13.8. The highest BCUT2D eigenvalue weighted by molar-refractivity contribution is 5.48. The molecule has 0 saturated carbocycles. The van der Waals surface area contributed by atoms with Crippen molar-refractivity contribution in [2.75, 3.05) is 0 Å². The molecule has 6 nitrogen and oxygen atoms in total. The lowest BCUT2D eigenvalue weighted by Gasteiger charge is -2.17. The number of aryl methyl sites for hydroxylation is 4. The van der Waals surface area contributed by atoms with Gasteiger partial charge in [-0.25, -0.2) is 9.36 Å². The van der Waals surface area contributed by atoms with Crippen LogP contribution in [0.15, 0.2) is 88.5 Å². The summed E-state index contributed by atoms with van der Waals surface area (Å²) in [6.07, 6.45) is 3.13. The second kappa shape index (κ2) is 11.2. The average Bonchev–Trinajstić information content (AvgIpc) is 3.43. The van der Waals surface area contributed by atoms with Crippen molar-refractivity contribution < 1.29 is 0 Å². The standard InChI is InChI=1S/C33H36N4O2/c1-5-10-27-30(32(38)36(34-27)25-18-14-22(3)15-19-25)29(24-12-8-7-9-13-24)31-28(11-6-2)35-37(33(31)39)26-20-16-23(4)17-21-26/h7-9,12-21,29,34-35H,5-6,10-11H2,1-4H3. The SMILES string of the molecule is CCCc1[nH]n(-c2ccc(C)cc2)c(=O)c1C(c1ccccc1)c1c(CCC)[nH]n(-c2ccc(C)cc2)c1=O. The minimum atomic E-state index is -0.514. The van der Waals surface area contributed by atoms with Crippen LogP contribution < -0.4 is 11.1 Å². The van der Waals surface area contributed by atoms with Gasteiger partial charge in [0.25, 0.3) is 11.1 Å². The van der Waals surface area contributed by atoms with Gasteiger partial charge in [-0.3, -0.25) is 19.8 Å². The summed E-state index contributed by atoms with van der Waals surface area (Å²) >= 11 is 0. The lowest BCUT2D eigenvalue weighted by molar-refractivity contribution is 0.789. The van der Waals surface area contributed by atoms with Gasteiger partial charge in [0.1, 0.15) is 0 Å². The third kappa shape index (κ3) is 5.07. The van der Waals surface area contributed by atoms with Gasteiger partial charge in [-0.1, -0.05) is 92.4 Å². The molecule has 0 aliphatic heterocycles. The minimum Gasteiger partial charge on any atom is -0.295 e. The maximum atomic E-state index is 14.2. The van der Waals surface area contributed by atoms with Crippen LogP contribution in [0.25, 0.3) is 11.4 Å². The number of benzene rings is 3. The van der Waals surface area contributed by atoms with E-state index in [-0.39, 0.29) is 11.1 Å². The van der Waals surface area contributed by atoms with Crippen LogP contribution in [0.5, 0.6) is 0 Å². The summed E-state index contributed by atoms with van der Waals surface area (Å²) in [6.45, 7) is 8.26. The maximum Gasteiger partial charge on any atom is 0.275 e. The number of nitrogens with zero attached hydrogens (tertiary/aromatic N) is 2.